The average Bonchev–Trinajstić information content (AvgIpc) is 2.62. The molecule has 0 spiro atoms. The Hall–Kier alpha value is -2.22. The fraction of sp³-hybridized carbons (Fsp3) is 0.318. The van der Waals surface area contributed by atoms with Gasteiger partial charge in [-0.1, -0.05) is 42.5 Å². The fourth-order valence-electron chi connectivity index (χ4n) is 3.44. The smallest absolute Gasteiger partial charge is 0.104 e. The summed E-state index contributed by atoms with van der Waals surface area (Å²) in [5.74, 6) is 0.117. The van der Waals surface area contributed by atoms with Crippen molar-refractivity contribution in [1.29, 1.82) is 0 Å². The van der Waals surface area contributed by atoms with Crippen LogP contribution in [0, 0.1) is 0 Å². The van der Waals surface area contributed by atoms with Crippen LogP contribution in [0.4, 0.5) is 4.39 Å². The van der Waals surface area contributed by atoms with E-state index in [0.29, 0.717) is 6.42 Å². The third-order valence-corrected chi connectivity index (χ3v) is 5.00. The van der Waals surface area contributed by atoms with E-state index in [1.54, 1.807) is 0 Å². The molecular formula is C22H24FN. The zero-order valence-electron chi connectivity index (χ0n) is 14.6. The van der Waals surface area contributed by atoms with Gasteiger partial charge in [-0.25, -0.2) is 4.39 Å². The summed E-state index contributed by atoms with van der Waals surface area (Å²) >= 11 is 0. The minimum Gasteiger partial charge on any atom is -0.262 e. The van der Waals surface area contributed by atoms with Gasteiger partial charge in [0.1, 0.15) is 5.83 Å². The Labute approximate surface area is 144 Å². The van der Waals surface area contributed by atoms with Gasteiger partial charge < -0.3 is 0 Å². The van der Waals surface area contributed by atoms with Crippen molar-refractivity contribution in [3.8, 4) is 0 Å². The first-order chi connectivity index (χ1) is 11.6. The molecule has 0 saturated heterocycles. The molecule has 0 heterocycles. The molecule has 1 atom stereocenters. The number of halogens is 1. The number of hydrogen-bond donors (Lipinski definition) is 0. The molecule has 1 aromatic rings. The third-order valence-electron chi connectivity index (χ3n) is 5.00. The lowest BCUT2D eigenvalue weighted by Gasteiger charge is -2.29. The van der Waals surface area contributed by atoms with Crippen LogP contribution in [0.1, 0.15) is 57.1 Å². The molecule has 2 aliphatic rings. The maximum Gasteiger partial charge on any atom is 0.104 e. The van der Waals surface area contributed by atoms with Crippen LogP contribution in [0.2, 0.25) is 0 Å². The van der Waals surface area contributed by atoms with E-state index in [1.807, 2.05) is 38.3 Å². The van der Waals surface area contributed by atoms with Gasteiger partial charge in [0.2, 0.25) is 0 Å². The standard InChI is InChI=1S/C22H24FN/c1-4-15(2)24-14-17-13-21(20-11-7-8-12-22(20)23)19-10-6-5-9-18(19)16(17)3/h4-7,9-11,14,21H,8,12-13H2,1-3H3/b15-4+,24-14?. The molecule has 0 aliphatic heterocycles. The van der Waals surface area contributed by atoms with Gasteiger partial charge in [0.25, 0.3) is 0 Å². The summed E-state index contributed by atoms with van der Waals surface area (Å²) in [5, 5.41) is 0. The largest absolute Gasteiger partial charge is 0.262 e. The van der Waals surface area contributed by atoms with Crippen LogP contribution in [-0.4, -0.2) is 6.21 Å². The predicted molar refractivity (Wildman–Crippen MR) is 101 cm³/mol. The molecule has 1 nitrogen and oxygen atoms in total. The maximum absolute atomic E-state index is 14.5. The van der Waals surface area contributed by atoms with Gasteiger partial charge in [-0.2, -0.15) is 0 Å². The van der Waals surface area contributed by atoms with Crippen molar-refractivity contribution in [2.24, 2.45) is 4.99 Å². The van der Waals surface area contributed by atoms with E-state index in [4.69, 9.17) is 0 Å². The maximum atomic E-state index is 14.5. The van der Waals surface area contributed by atoms with Crippen LogP contribution in [0.3, 0.4) is 0 Å². The molecule has 2 aliphatic carbocycles. The summed E-state index contributed by atoms with van der Waals surface area (Å²) in [6.45, 7) is 6.12. The van der Waals surface area contributed by atoms with E-state index in [2.05, 4.69) is 36.2 Å². The zero-order valence-corrected chi connectivity index (χ0v) is 14.6. The van der Waals surface area contributed by atoms with E-state index in [-0.39, 0.29) is 11.7 Å². The summed E-state index contributed by atoms with van der Waals surface area (Å²) in [4.78, 5) is 4.54. The zero-order chi connectivity index (χ0) is 17.1. The fourth-order valence-corrected chi connectivity index (χ4v) is 3.44. The monoisotopic (exact) mass is 321 g/mol. The van der Waals surface area contributed by atoms with E-state index in [1.165, 1.54) is 22.3 Å². The number of nitrogens with zero attached hydrogens (tertiary/aromatic N) is 1. The number of rotatable bonds is 3. The topological polar surface area (TPSA) is 12.4 Å². The predicted octanol–water partition coefficient (Wildman–Crippen LogP) is 6.52. The first kappa shape index (κ1) is 16.6. The Morgan fingerprint density at radius 3 is 2.83 bits per heavy atom. The Morgan fingerprint density at radius 1 is 1.29 bits per heavy atom. The van der Waals surface area contributed by atoms with Gasteiger partial charge in [0.05, 0.1) is 0 Å². The molecular weight excluding hydrogens is 297 g/mol. The lowest BCUT2D eigenvalue weighted by atomic mass is 9.75. The Bertz CT molecular complexity index is 790. The highest BCUT2D eigenvalue weighted by Gasteiger charge is 2.28. The Balaban J connectivity index is 2.08. The van der Waals surface area contributed by atoms with Crippen molar-refractivity contribution in [3.05, 3.63) is 76.3 Å². The van der Waals surface area contributed by atoms with Gasteiger partial charge in [-0.3, -0.25) is 4.99 Å². The number of allylic oxidation sites excluding steroid dienone is 8. The van der Waals surface area contributed by atoms with Crippen LogP contribution in [0.5, 0.6) is 0 Å². The van der Waals surface area contributed by atoms with Crippen molar-refractivity contribution in [2.45, 2.75) is 46.0 Å². The molecule has 0 bridgehead atoms. The van der Waals surface area contributed by atoms with Crippen LogP contribution in [0.25, 0.3) is 5.57 Å². The molecule has 0 amide bonds. The first-order valence-corrected chi connectivity index (χ1v) is 8.63. The van der Waals surface area contributed by atoms with Gasteiger partial charge in [0, 0.05) is 24.3 Å². The molecule has 1 unspecified atom stereocenters. The molecule has 0 aromatic heterocycles. The van der Waals surface area contributed by atoms with Crippen LogP contribution in [-0.2, 0) is 0 Å². The van der Waals surface area contributed by atoms with Crippen LogP contribution >= 0.6 is 0 Å². The molecule has 0 N–H and O–H groups in total. The lowest BCUT2D eigenvalue weighted by molar-refractivity contribution is 0.561. The van der Waals surface area contributed by atoms with Gasteiger partial charge in [0.15, 0.2) is 0 Å². The van der Waals surface area contributed by atoms with Crippen molar-refractivity contribution >= 4 is 11.8 Å². The van der Waals surface area contributed by atoms with Gasteiger partial charge >= 0.3 is 0 Å². The van der Waals surface area contributed by atoms with E-state index >= 15 is 0 Å². The van der Waals surface area contributed by atoms with Crippen molar-refractivity contribution in [3.63, 3.8) is 0 Å². The highest BCUT2D eigenvalue weighted by atomic mass is 19.1. The van der Waals surface area contributed by atoms with Gasteiger partial charge in [-0.15, -0.1) is 0 Å². The Kier molecular flexibility index (Phi) is 4.94. The summed E-state index contributed by atoms with van der Waals surface area (Å²) in [5.41, 5.74) is 6.72. The Morgan fingerprint density at radius 2 is 2.08 bits per heavy atom. The number of aliphatic imine (C=N–C) groups is 1. The minimum atomic E-state index is 0.0396. The number of fused-ring (bicyclic) bond motifs is 1. The molecule has 0 radical (unpaired) electrons. The molecule has 0 saturated carbocycles. The molecule has 2 heteroatoms. The second-order valence-corrected chi connectivity index (χ2v) is 6.48. The SMILES string of the molecule is C/C=C(\C)N=CC1=C(C)c2ccccc2C(C2=C(F)CCC=C2)C1. The lowest BCUT2D eigenvalue weighted by Crippen LogP contribution is -2.14. The van der Waals surface area contributed by atoms with E-state index in [0.717, 1.165) is 24.1 Å². The summed E-state index contributed by atoms with van der Waals surface area (Å²) in [6.07, 6.45) is 10.1. The molecule has 1 aromatic carbocycles. The average molecular weight is 321 g/mol. The summed E-state index contributed by atoms with van der Waals surface area (Å²) < 4.78 is 14.5. The first-order valence-electron chi connectivity index (χ1n) is 8.63. The summed E-state index contributed by atoms with van der Waals surface area (Å²) in [6, 6.07) is 8.38. The molecule has 24 heavy (non-hydrogen) atoms. The normalized spacial score (nSPS) is 21.7. The number of hydrogen-bond acceptors (Lipinski definition) is 1. The second-order valence-electron chi connectivity index (χ2n) is 6.48. The van der Waals surface area contributed by atoms with E-state index < -0.39 is 0 Å². The van der Waals surface area contributed by atoms with Crippen molar-refractivity contribution < 1.29 is 4.39 Å². The van der Waals surface area contributed by atoms with Crippen molar-refractivity contribution in [2.75, 3.05) is 0 Å². The van der Waals surface area contributed by atoms with Crippen LogP contribution < -0.4 is 0 Å². The van der Waals surface area contributed by atoms with Crippen molar-refractivity contribution in [1.82, 2.24) is 0 Å². The quantitative estimate of drug-likeness (QED) is 0.562. The molecule has 0 fully saturated rings. The molecule has 124 valence electrons. The highest BCUT2D eigenvalue weighted by molar-refractivity contribution is 5.93. The third kappa shape index (κ3) is 3.19. The number of benzene rings is 1. The molecule has 3 rings (SSSR count). The highest BCUT2D eigenvalue weighted by Crippen LogP contribution is 2.44. The van der Waals surface area contributed by atoms with Crippen LogP contribution in [0.15, 0.2) is 70.2 Å². The van der Waals surface area contributed by atoms with E-state index in [9.17, 15) is 4.39 Å². The second kappa shape index (κ2) is 7.12. The summed E-state index contributed by atoms with van der Waals surface area (Å²) in [7, 11) is 0. The van der Waals surface area contributed by atoms with Gasteiger partial charge in [-0.05, 0) is 61.5 Å². The minimum absolute atomic E-state index is 0.0396.